The van der Waals surface area contributed by atoms with Crippen LogP contribution in [0, 0.1) is 28.6 Å². The van der Waals surface area contributed by atoms with E-state index in [0.717, 1.165) is 12.0 Å². The fourth-order valence-electron chi connectivity index (χ4n) is 5.89. The number of hydrogen-bond acceptors (Lipinski definition) is 5. The van der Waals surface area contributed by atoms with Crippen molar-refractivity contribution < 1.29 is 23.9 Å². The van der Waals surface area contributed by atoms with E-state index in [9.17, 15) is 14.4 Å². The Balaban J connectivity index is 1.98. The number of ketones is 1. The van der Waals surface area contributed by atoms with E-state index in [0.29, 0.717) is 12.0 Å². The van der Waals surface area contributed by atoms with Crippen molar-refractivity contribution in [1.29, 1.82) is 0 Å². The molecule has 0 unspecified atom stereocenters. The fraction of sp³-hybridized carbons (Fsp3) is 0.682. The molecule has 0 aromatic rings. The number of carbonyl (C=O) groups excluding carboxylic acids is 3. The zero-order chi connectivity index (χ0) is 20.1. The summed E-state index contributed by atoms with van der Waals surface area (Å²) in [5.41, 5.74) is 0.953. The zero-order valence-electron chi connectivity index (χ0n) is 17.1. The maximum absolute atomic E-state index is 12.8. The highest BCUT2D eigenvalue weighted by Gasteiger charge is 2.71. The molecule has 0 aromatic carbocycles. The first-order valence-electron chi connectivity index (χ1n) is 9.75. The molecule has 4 bridgehead atoms. The number of rotatable bonds is 4. The topological polar surface area (TPSA) is 69.7 Å². The molecular formula is C22H30O5. The fourth-order valence-corrected chi connectivity index (χ4v) is 5.89. The van der Waals surface area contributed by atoms with Crippen LogP contribution in [0.15, 0.2) is 23.3 Å². The van der Waals surface area contributed by atoms with Gasteiger partial charge in [0.05, 0.1) is 0 Å². The molecule has 0 heterocycles. The Morgan fingerprint density at radius 3 is 2.48 bits per heavy atom. The molecule has 2 saturated carbocycles. The van der Waals surface area contributed by atoms with Gasteiger partial charge in [0.2, 0.25) is 0 Å². The average Bonchev–Trinajstić information content (AvgIpc) is 2.73. The number of ether oxygens (including phenoxy) is 2. The van der Waals surface area contributed by atoms with E-state index in [2.05, 4.69) is 6.92 Å². The Labute approximate surface area is 161 Å². The minimum Gasteiger partial charge on any atom is -0.462 e. The van der Waals surface area contributed by atoms with Gasteiger partial charge in [0.1, 0.15) is 12.7 Å². The van der Waals surface area contributed by atoms with Gasteiger partial charge in [0.15, 0.2) is 5.78 Å². The normalized spacial score (nSPS) is 40.4. The number of carbonyl (C=O) groups is 3. The average molecular weight is 374 g/mol. The van der Waals surface area contributed by atoms with Crippen LogP contribution < -0.4 is 0 Å². The molecule has 5 heteroatoms. The van der Waals surface area contributed by atoms with Gasteiger partial charge < -0.3 is 9.47 Å². The van der Waals surface area contributed by atoms with Gasteiger partial charge in [-0.15, -0.1) is 0 Å². The third-order valence-corrected chi connectivity index (χ3v) is 7.33. The lowest BCUT2D eigenvalue weighted by molar-refractivity contribution is -0.193. The Bertz CT molecular complexity index is 748. The number of allylic oxidation sites excluding steroid dienone is 3. The molecule has 148 valence electrons. The van der Waals surface area contributed by atoms with Crippen molar-refractivity contribution in [2.75, 3.05) is 6.61 Å². The minimum atomic E-state index is -0.591. The Hall–Kier alpha value is -1.91. The molecule has 0 amide bonds. The van der Waals surface area contributed by atoms with Crippen LogP contribution in [0.3, 0.4) is 0 Å². The molecular weight excluding hydrogens is 344 g/mol. The van der Waals surface area contributed by atoms with Gasteiger partial charge in [0, 0.05) is 23.8 Å². The van der Waals surface area contributed by atoms with E-state index in [1.54, 1.807) is 26.0 Å². The Kier molecular flexibility index (Phi) is 4.86. The largest absolute Gasteiger partial charge is 0.462 e. The van der Waals surface area contributed by atoms with Crippen LogP contribution in [-0.4, -0.2) is 30.4 Å². The SMILES string of the molecule is C/C=C(/C)C(=O)OC[C@]1(C)[C@@H]2[C@H]3C(C)=CC(=O)[C@@H]2[C@@]3(C)CC[C@H]1OC(C)=O. The molecule has 0 spiro atoms. The molecule has 0 aliphatic heterocycles. The van der Waals surface area contributed by atoms with Crippen LogP contribution in [-0.2, 0) is 23.9 Å². The van der Waals surface area contributed by atoms with Crippen LogP contribution >= 0.6 is 0 Å². The van der Waals surface area contributed by atoms with Crippen molar-refractivity contribution in [3.8, 4) is 0 Å². The standard InChI is InChI=1S/C22H30O5/c1-7-12(2)20(25)26-11-22(6)16(27-14(4)23)8-9-21(5)17-13(3)10-15(24)18(21)19(17)22/h7,10,16-19H,8-9,11H2,1-6H3/b12-7-/t16-,17-,18+,19-,21+,22+/m1/s1. The molecule has 5 nitrogen and oxygen atoms in total. The summed E-state index contributed by atoms with van der Waals surface area (Å²) in [6, 6.07) is 0. The summed E-state index contributed by atoms with van der Waals surface area (Å²) < 4.78 is 11.3. The van der Waals surface area contributed by atoms with E-state index in [4.69, 9.17) is 9.47 Å². The Morgan fingerprint density at radius 1 is 1.26 bits per heavy atom. The quantitative estimate of drug-likeness (QED) is 0.555. The predicted molar refractivity (Wildman–Crippen MR) is 101 cm³/mol. The lowest BCUT2D eigenvalue weighted by Gasteiger charge is -2.65. The number of hydrogen-bond donors (Lipinski definition) is 0. The lowest BCUT2D eigenvalue weighted by atomic mass is 9.38. The van der Waals surface area contributed by atoms with Gasteiger partial charge in [-0.05, 0) is 56.9 Å². The Morgan fingerprint density at radius 2 is 1.93 bits per heavy atom. The van der Waals surface area contributed by atoms with Crippen molar-refractivity contribution >= 4 is 17.7 Å². The molecule has 27 heavy (non-hydrogen) atoms. The van der Waals surface area contributed by atoms with Crippen LogP contribution in [0.1, 0.15) is 54.4 Å². The summed E-state index contributed by atoms with van der Waals surface area (Å²) in [4.78, 5) is 36.8. The van der Waals surface area contributed by atoms with E-state index in [-0.39, 0.29) is 53.6 Å². The van der Waals surface area contributed by atoms with Gasteiger partial charge in [0.25, 0.3) is 0 Å². The molecule has 3 aliphatic rings. The van der Waals surface area contributed by atoms with Crippen molar-refractivity contribution in [2.24, 2.45) is 28.6 Å². The second-order valence-electron chi connectivity index (χ2n) is 8.97. The van der Waals surface area contributed by atoms with Crippen LogP contribution in [0.5, 0.6) is 0 Å². The summed E-state index contributed by atoms with van der Waals surface area (Å²) in [7, 11) is 0. The van der Waals surface area contributed by atoms with E-state index in [1.807, 2.05) is 13.8 Å². The van der Waals surface area contributed by atoms with Gasteiger partial charge in [-0.1, -0.05) is 25.5 Å². The third-order valence-electron chi connectivity index (χ3n) is 7.33. The van der Waals surface area contributed by atoms with Crippen molar-refractivity contribution in [2.45, 2.75) is 60.5 Å². The zero-order valence-corrected chi connectivity index (χ0v) is 17.1. The molecule has 0 saturated heterocycles. The van der Waals surface area contributed by atoms with Gasteiger partial charge in [-0.2, -0.15) is 0 Å². The first kappa shape index (κ1) is 19.8. The highest BCUT2D eigenvalue weighted by Crippen LogP contribution is 2.71. The van der Waals surface area contributed by atoms with Gasteiger partial charge >= 0.3 is 11.9 Å². The maximum Gasteiger partial charge on any atom is 0.333 e. The number of esters is 2. The van der Waals surface area contributed by atoms with Crippen LogP contribution in [0.2, 0.25) is 0 Å². The van der Waals surface area contributed by atoms with E-state index >= 15 is 0 Å². The molecule has 0 N–H and O–H groups in total. The van der Waals surface area contributed by atoms with Crippen molar-refractivity contribution in [3.63, 3.8) is 0 Å². The van der Waals surface area contributed by atoms with Crippen molar-refractivity contribution in [3.05, 3.63) is 23.3 Å². The van der Waals surface area contributed by atoms with Gasteiger partial charge in [-0.3, -0.25) is 9.59 Å². The molecule has 6 atom stereocenters. The van der Waals surface area contributed by atoms with Crippen LogP contribution in [0.4, 0.5) is 0 Å². The molecule has 3 aliphatic carbocycles. The highest BCUT2D eigenvalue weighted by atomic mass is 16.6. The van der Waals surface area contributed by atoms with Crippen LogP contribution in [0.25, 0.3) is 0 Å². The summed E-state index contributed by atoms with van der Waals surface area (Å²) in [6.07, 6.45) is 4.62. The van der Waals surface area contributed by atoms with Crippen molar-refractivity contribution in [1.82, 2.24) is 0 Å². The minimum absolute atomic E-state index is 0.0190. The summed E-state index contributed by atoms with van der Waals surface area (Å²) in [6.45, 7) is 11.3. The highest BCUT2D eigenvalue weighted by molar-refractivity contribution is 5.96. The van der Waals surface area contributed by atoms with E-state index < -0.39 is 5.41 Å². The first-order valence-corrected chi connectivity index (χ1v) is 9.75. The first-order chi connectivity index (χ1) is 12.6. The molecule has 0 aromatic heterocycles. The smallest absolute Gasteiger partial charge is 0.333 e. The monoisotopic (exact) mass is 374 g/mol. The molecule has 3 rings (SSSR count). The predicted octanol–water partition coefficient (Wildman–Crippen LogP) is 3.63. The molecule has 0 radical (unpaired) electrons. The number of fused-ring (bicyclic) bond motifs is 1. The third kappa shape index (κ3) is 2.86. The summed E-state index contributed by atoms with van der Waals surface area (Å²) >= 11 is 0. The summed E-state index contributed by atoms with van der Waals surface area (Å²) in [5, 5.41) is 0. The van der Waals surface area contributed by atoms with E-state index in [1.165, 1.54) is 6.92 Å². The second kappa shape index (κ2) is 6.61. The second-order valence-corrected chi connectivity index (χ2v) is 8.97. The summed E-state index contributed by atoms with van der Waals surface area (Å²) in [5.74, 6) is -0.366. The molecule has 2 fully saturated rings. The lowest BCUT2D eigenvalue weighted by Crippen LogP contribution is -2.66. The maximum atomic E-state index is 12.8. The van der Waals surface area contributed by atoms with Gasteiger partial charge in [-0.25, -0.2) is 4.79 Å².